The molecule has 0 heterocycles. The lowest BCUT2D eigenvalue weighted by Crippen LogP contribution is -2.15. The van der Waals surface area contributed by atoms with Gasteiger partial charge in [0.1, 0.15) is 5.75 Å². The molecule has 2 rings (SSSR count). The maximum absolute atomic E-state index is 11.3. The Kier molecular flexibility index (Phi) is 4.48. The molecule has 20 heavy (non-hydrogen) atoms. The lowest BCUT2D eigenvalue weighted by atomic mass is 10.1. The van der Waals surface area contributed by atoms with E-state index in [-0.39, 0.29) is 0 Å². The first kappa shape index (κ1) is 14.2. The highest BCUT2D eigenvalue weighted by Crippen LogP contribution is 2.27. The number of rotatable bonds is 5. The summed E-state index contributed by atoms with van der Waals surface area (Å²) in [6, 6.07) is 12.6. The third kappa shape index (κ3) is 3.22. The van der Waals surface area contributed by atoms with Crippen molar-refractivity contribution in [1.82, 2.24) is 0 Å². The lowest BCUT2D eigenvalue weighted by molar-refractivity contribution is 0.0999. The standard InChI is InChI=1S/C15H15ClN2O2/c1-20-14-8-11(6-7-13(14)16)18-9-10-4-2-3-5-12(10)15(17)19/h2-8,18H,9H2,1H3,(H2,17,19). The van der Waals surface area contributed by atoms with E-state index in [4.69, 9.17) is 22.1 Å². The Morgan fingerprint density at radius 3 is 2.75 bits per heavy atom. The number of nitrogens with one attached hydrogen (secondary N) is 1. The summed E-state index contributed by atoms with van der Waals surface area (Å²) in [6.45, 7) is 0.490. The number of benzene rings is 2. The van der Waals surface area contributed by atoms with E-state index in [1.807, 2.05) is 18.2 Å². The van der Waals surface area contributed by atoms with Gasteiger partial charge in [0.2, 0.25) is 5.91 Å². The van der Waals surface area contributed by atoms with Gasteiger partial charge in [0.25, 0.3) is 0 Å². The van der Waals surface area contributed by atoms with E-state index in [0.717, 1.165) is 11.3 Å². The number of nitrogens with two attached hydrogens (primary N) is 1. The van der Waals surface area contributed by atoms with Crippen molar-refractivity contribution >= 4 is 23.2 Å². The minimum absolute atomic E-state index is 0.434. The van der Waals surface area contributed by atoms with Gasteiger partial charge in [-0.25, -0.2) is 0 Å². The molecule has 2 aromatic carbocycles. The smallest absolute Gasteiger partial charge is 0.249 e. The number of hydrogen-bond acceptors (Lipinski definition) is 3. The van der Waals surface area contributed by atoms with Crippen LogP contribution in [0.4, 0.5) is 5.69 Å². The van der Waals surface area contributed by atoms with Crippen LogP contribution in [-0.2, 0) is 6.54 Å². The quantitative estimate of drug-likeness (QED) is 0.889. The fourth-order valence-electron chi connectivity index (χ4n) is 1.88. The van der Waals surface area contributed by atoms with Gasteiger partial charge < -0.3 is 15.8 Å². The van der Waals surface area contributed by atoms with Crippen LogP contribution in [0.2, 0.25) is 5.02 Å². The highest BCUT2D eigenvalue weighted by molar-refractivity contribution is 6.32. The molecule has 0 aliphatic carbocycles. The molecular formula is C15H15ClN2O2. The van der Waals surface area contributed by atoms with E-state index < -0.39 is 5.91 Å². The number of carbonyl (C=O) groups is 1. The SMILES string of the molecule is COc1cc(NCc2ccccc2C(N)=O)ccc1Cl. The number of primary amides is 1. The predicted octanol–water partition coefficient (Wildman–Crippen LogP) is 3.06. The molecule has 2 aromatic rings. The summed E-state index contributed by atoms with van der Waals surface area (Å²) in [5, 5.41) is 3.76. The number of amides is 1. The fraction of sp³-hybridized carbons (Fsp3) is 0.133. The van der Waals surface area contributed by atoms with Crippen LogP contribution in [0.25, 0.3) is 0 Å². The van der Waals surface area contributed by atoms with Gasteiger partial charge in [-0.15, -0.1) is 0 Å². The molecule has 0 saturated carbocycles. The normalized spacial score (nSPS) is 10.1. The van der Waals surface area contributed by atoms with Gasteiger partial charge >= 0.3 is 0 Å². The van der Waals surface area contributed by atoms with Crippen molar-refractivity contribution in [1.29, 1.82) is 0 Å². The van der Waals surface area contributed by atoms with Crippen molar-refractivity contribution in [3.63, 3.8) is 0 Å². The Morgan fingerprint density at radius 2 is 2.05 bits per heavy atom. The van der Waals surface area contributed by atoms with Crippen LogP contribution in [0, 0.1) is 0 Å². The minimum Gasteiger partial charge on any atom is -0.495 e. The van der Waals surface area contributed by atoms with Crippen molar-refractivity contribution < 1.29 is 9.53 Å². The lowest BCUT2D eigenvalue weighted by Gasteiger charge is -2.11. The van der Waals surface area contributed by atoms with E-state index in [0.29, 0.717) is 22.9 Å². The summed E-state index contributed by atoms with van der Waals surface area (Å²) in [5.41, 5.74) is 7.55. The average Bonchev–Trinajstić information content (AvgIpc) is 2.46. The van der Waals surface area contributed by atoms with Gasteiger partial charge in [-0.1, -0.05) is 29.8 Å². The summed E-state index contributed by atoms with van der Waals surface area (Å²) in [5.74, 6) is 0.163. The number of methoxy groups -OCH3 is 1. The van der Waals surface area contributed by atoms with Gasteiger partial charge in [0, 0.05) is 23.9 Å². The maximum Gasteiger partial charge on any atom is 0.249 e. The van der Waals surface area contributed by atoms with Gasteiger partial charge in [-0.3, -0.25) is 4.79 Å². The van der Waals surface area contributed by atoms with Crippen LogP contribution >= 0.6 is 11.6 Å². The molecule has 0 radical (unpaired) electrons. The van der Waals surface area contributed by atoms with Crippen LogP contribution in [0.1, 0.15) is 15.9 Å². The first-order valence-corrected chi connectivity index (χ1v) is 6.44. The van der Waals surface area contributed by atoms with Gasteiger partial charge in [-0.05, 0) is 23.8 Å². The van der Waals surface area contributed by atoms with E-state index >= 15 is 0 Å². The highest BCUT2D eigenvalue weighted by atomic mass is 35.5. The van der Waals surface area contributed by atoms with Crippen molar-refractivity contribution in [2.75, 3.05) is 12.4 Å². The fourth-order valence-corrected chi connectivity index (χ4v) is 2.08. The minimum atomic E-state index is -0.434. The third-order valence-corrected chi connectivity index (χ3v) is 3.23. The molecule has 0 spiro atoms. The van der Waals surface area contributed by atoms with Gasteiger partial charge in [-0.2, -0.15) is 0 Å². The monoisotopic (exact) mass is 290 g/mol. The Bertz CT molecular complexity index is 629. The second-order valence-electron chi connectivity index (χ2n) is 4.22. The van der Waals surface area contributed by atoms with E-state index in [9.17, 15) is 4.79 Å². The Morgan fingerprint density at radius 1 is 1.30 bits per heavy atom. The summed E-state index contributed by atoms with van der Waals surface area (Å²) in [7, 11) is 1.56. The molecule has 0 fully saturated rings. The van der Waals surface area contributed by atoms with Crippen LogP contribution in [0.15, 0.2) is 42.5 Å². The van der Waals surface area contributed by atoms with E-state index in [1.165, 1.54) is 0 Å². The number of halogens is 1. The molecule has 104 valence electrons. The first-order valence-electron chi connectivity index (χ1n) is 6.07. The molecule has 0 saturated heterocycles. The van der Waals surface area contributed by atoms with E-state index in [1.54, 1.807) is 31.4 Å². The molecule has 0 atom stereocenters. The summed E-state index contributed by atoms with van der Waals surface area (Å²) in [6.07, 6.45) is 0. The summed E-state index contributed by atoms with van der Waals surface area (Å²) >= 11 is 5.97. The molecule has 3 N–H and O–H groups in total. The molecule has 0 unspecified atom stereocenters. The van der Waals surface area contributed by atoms with Crippen molar-refractivity contribution in [3.8, 4) is 5.75 Å². The van der Waals surface area contributed by atoms with Crippen LogP contribution in [-0.4, -0.2) is 13.0 Å². The second-order valence-corrected chi connectivity index (χ2v) is 4.63. The molecule has 0 bridgehead atoms. The van der Waals surface area contributed by atoms with Crippen molar-refractivity contribution in [3.05, 3.63) is 58.6 Å². The second kappa shape index (κ2) is 6.30. The predicted molar refractivity (Wildman–Crippen MR) is 80.3 cm³/mol. The Balaban J connectivity index is 2.15. The summed E-state index contributed by atoms with van der Waals surface area (Å²) < 4.78 is 5.15. The molecule has 1 amide bonds. The highest BCUT2D eigenvalue weighted by Gasteiger charge is 2.07. The number of carbonyl (C=O) groups excluding carboxylic acids is 1. The number of anilines is 1. The van der Waals surface area contributed by atoms with Crippen LogP contribution < -0.4 is 15.8 Å². The van der Waals surface area contributed by atoms with Crippen LogP contribution in [0.3, 0.4) is 0 Å². The largest absolute Gasteiger partial charge is 0.495 e. The molecular weight excluding hydrogens is 276 g/mol. The Labute approximate surface area is 122 Å². The van der Waals surface area contributed by atoms with Gasteiger partial charge in [0.05, 0.1) is 12.1 Å². The molecule has 0 aliphatic heterocycles. The maximum atomic E-state index is 11.3. The van der Waals surface area contributed by atoms with Crippen molar-refractivity contribution in [2.24, 2.45) is 5.73 Å². The molecule has 0 aromatic heterocycles. The average molecular weight is 291 g/mol. The topological polar surface area (TPSA) is 64.3 Å². The number of hydrogen-bond donors (Lipinski definition) is 2. The molecule has 4 nitrogen and oxygen atoms in total. The Hall–Kier alpha value is -2.20. The van der Waals surface area contributed by atoms with E-state index in [2.05, 4.69) is 5.32 Å². The van der Waals surface area contributed by atoms with Crippen LogP contribution in [0.5, 0.6) is 5.75 Å². The zero-order valence-electron chi connectivity index (χ0n) is 11.0. The molecule has 5 heteroatoms. The molecule has 0 aliphatic rings. The zero-order valence-corrected chi connectivity index (χ0v) is 11.8. The van der Waals surface area contributed by atoms with Crippen molar-refractivity contribution in [2.45, 2.75) is 6.54 Å². The first-order chi connectivity index (χ1) is 9.61. The number of ether oxygens (including phenoxy) is 1. The van der Waals surface area contributed by atoms with Gasteiger partial charge in [0.15, 0.2) is 0 Å². The zero-order chi connectivity index (χ0) is 14.5. The third-order valence-electron chi connectivity index (χ3n) is 2.92. The summed E-state index contributed by atoms with van der Waals surface area (Å²) in [4.78, 5) is 11.3.